The van der Waals surface area contributed by atoms with Crippen LogP contribution in [-0.2, 0) is 11.2 Å². The van der Waals surface area contributed by atoms with Gasteiger partial charge in [0.15, 0.2) is 5.90 Å². The van der Waals surface area contributed by atoms with Crippen molar-refractivity contribution in [3.05, 3.63) is 35.9 Å². The number of ether oxygens (including phenoxy) is 1. The molecule has 1 aromatic rings. The van der Waals surface area contributed by atoms with Crippen molar-refractivity contribution >= 4 is 5.90 Å². The van der Waals surface area contributed by atoms with Crippen molar-refractivity contribution in [3.63, 3.8) is 0 Å². The first-order chi connectivity index (χ1) is 6.88. The Kier molecular flexibility index (Phi) is 2.79. The SMILES string of the molecule is NCC1COC(Cc2ccccc2)=N1. The predicted octanol–water partition coefficient (Wildman–Crippen LogP) is 0.985. The van der Waals surface area contributed by atoms with E-state index < -0.39 is 0 Å². The van der Waals surface area contributed by atoms with Crippen molar-refractivity contribution in [2.24, 2.45) is 10.7 Å². The molecule has 3 nitrogen and oxygen atoms in total. The molecule has 1 heterocycles. The summed E-state index contributed by atoms with van der Waals surface area (Å²) in [5, 5.41) is 0. The Morgan fingerprint density at radius 3 is 2.79 bits per heavy atom. The van der Waals surface area contributed by atoms with Gasteiger partial charge in [-0.05, 0) is 5.56 Å². The lowest BCUT2D eigenvalue weighted by atomic mass is 10.1. The minimum atomic E-state index is 0.161. The van der Waals surface area contributed by atoms with Gasteiger partial charge in [-0.2, -0.15) is 0 Å². The number of benzene rings is 1. The summed E-state index contributed by atoms with van der Waals surface area (Å²) in [6.45, 7) is 1.21. The molecule has 1 aromatic carbocycles. The zero-order chi connectivity index (χ0) is 9.80. The molecule has 2 rings (SSSR count). The molecule has 0 saturated carbocycles. The summed E-state index contributed by atoms with van der Waals surface area (Å²) in [6, 6.07) is 10.3. The van der Waals surface area contributed by atoms with Crippen LogP contribution in [0, 0.1) is 0 Å². The predicted molar refractivity (Wildman–Crippen MR) is 56.4 cm³/mol. The van der Waals surface area contributed by atoms with Crippen LogP contribution >= 0.6 is 0 Å². The Bertz CT molecular complexity index is 321. The summed E-state index contributed by atoms with van der Waals surface area (Å²) >= 11 is 0. The van der Waals surface area contributed by atoms with Crippen LogP contribution in [0.3, 0.4) is 0 Å². The zero-order valence-corrected chi connectivity index (χ0v) is 8.02. The van der Waals surface area contributed by atoms with Crippen molar-refractivity contribution in [2.45, 2.75) is 12.5 Å². The molecule has 0 fully saturated rings. The van der Waals surface area contributed by atoms with E-state index in [1.165, 1.54) is 5.56 Å². The van der Waals surface area contributed by atoms with Gasteiger partial charge in [0.25, 0.3) is 0 Å². The molecule has 0 bridgehead atoms. The first kappa shape index (κ1) is 9.21. The Morgan fingerprint density at radius 1 is 1.36 bits per heavy atom. The minimum Gasteiger partial charge on any atom is -0.478 e. The monoisotopic (exact) mass is 190 g/mol. The fraction of sp³-hybridized carbons (Fsp3) is 0.364. The van der Waals surface area contributed by atoms with E-state index in [0.29, 0.717) is 13.2 Å². The van der Waals surface area contributed by atoms with Crippen LogP contribution in [0.4, 0.5) is 0 Å². The number of rotatable bonds is 3. The van der Waals surface area contributed by atoms with Gasteiger partial charge < -0.3 is 10.5 Å². The highest BCUT2D eigenvalue weighted by atomic mass is 16.5. The van der Waals surface area contributed by atoms with Gasteiger partial charge in [-0.25, -0.2) is 4.99 Å². The average molecular weight is 190 g/mol. The molecule has 2 N–H and O–H groups in total. The largest absolute Gasteiger partial charge is 0.478 e. The van der Waals surface area contributed by atoms with E-state index in [9.17, 15) is 0 Å². The van der Waals surface area contributed by atoms with E-state index in [-0.39, 0.29) is 6.04 Å². The van der Waals surface area contributed by atoms with Gasteiger partial charge >= 0.3 is 0 Å². The third-order valence-corrected chi connectivity index (χ3v) is 2.24. The van der Waals surface area contributed by atoms with Crippen LogP contribution in [0.1, 0.15) is 5.56 Å². The summed E-state index contributed by atoms with van der Waals surface area (Å²) in [5.41, 5.74) is 6.73. The Morgan fingerprint density at radius 2 is 2.14 bits per heavy atom. The molecule has 0 radical (unpaired) electrons. The van der Waals surface area contributed by atoms with Gasteiger partial charge in [0.1, 0.15) is 6.61 Å². The highest BCUT2D eigenvalue weighted by Crippen LogP contribution is 2.08. The minimum absolute atomic E-state index is 0.161. The maximum Gasteiger partial charge on any atom is 0.188 e. The molecule has 1 atom stereocenters. The molecule has 1 aliphatic rings. The van der Waals surface area contributed by atoms with Crippen molar-refractivity contribution < 1.29 is 4.74 Å². The smallest absolute Gasteiger partial charge is 0.188 e. The van der Waals surface area contributed by atoms with Crippen LogP contribution in [-0.4, -0.2) is 25.1 Å². The Balaban J connectivity index is 1.99. The summed E-state index contributed by atoms with van der Waals surface area (Å²) < 4.78 is 5.43. The topological polar surface area (TPSA) is 47.6 Å². The second-order valence-electron chi connectivity index (χ2n) is 3.39. The first-order valence-electron chi connectivity index (χ1n) is 4.82. The van der Waals surface area contributed by atoms with E-state index in [2.05, 4.69) is 17.1 Å². The lowest BCUT2D eigenvalue weighted by molar-refractivity contribution is 0.313. The molecule has 14 heavy (non-hydrogen) atoms. The third-order valence-electron chi connectivity index (χ3n) is 2.24. The molecule has 0 saturated heterocycles. The van der Waals surface area contributed by atoms with Crippen LogP contribution in [0.25, 0.3) is 0 Å². The van der Waals surface area contributed by atoms with Crippen LogP contribution in [0.5, 0.6) is 0 Å². The van der Waals surface area contributed by atoms with Crippen LogP contribution < -0.4 is 5.73 Å². The molecule has 0 aromatic heterocycles. The summed E-state index contributed by atoms with van der Waals surface area (Å²) in [7, 11) is 0. The van der Waals surface area contributed by atoms with Crippen molar-refractivity contribution in [3.8, 4) is 0 Å². The summed E-state index contributed by atoms with van der Waals surface area (Å²) in [5.74, 6) is 0.812. The third kappa shape index (κ3) is 2.12. The lowest BCUT2D eigenvalue weighted by Gasteiger charge is -2.00. The van der Waals surface area contributed by atoms with Crippen LogP contribution in [0.2, 0.25) is 0 Å². The second kappa shape index (κ2) is 4.24. The van der Waals surface area contributed by atoms with E-state index in [0.717, 1.165) is 12.3 Å². The van der Waals surface area contributed by atoms with E-state index >= 15 is 0 Å². The molecule has 1 aliphatic heterocycles. The molecule has 3 heteroatoms. The fourth-order valence-corrected chi connectivity index (χ4v) is 1.46. The van der Waals surface area contributed by atoms with Gasteiger partial charge in [0.05, 0.1) is 6.04 Å². The zero-order valence-electron chi connectivity index (χ0n) is 8.02. The van der Waals surface area contributed by atoms with E-state index in [1.54, 1.807) is 0 Å². The highest BCUT2D eigenvalue weighted by molar-refractivity contribution is 5.80. The highest BCUT2D eigenvalue weighted by Gasteiger charge is 2.16. The quantitative estimate of drug-likeness (QED) is 0.772. The van der Waals surface area contributed by atoms with Crippen molar-refractivity contribution in [2.75, 3.05) is 13.2 Å². The van der Waals surface area contributed by atoms with Crippen molar-refractivity contribution in [1.29, 1.82) is 0 Å². The fourth-order valence-electron chi connectivity index (χ4n) is 1.46. The molecule has 0 aliphatic carbocycles. The van der Waals surface area contributed by atoms with E-state index in [4.69, 9.17) is 10.5 Å². The number of nitrogens with zero attached hydrogens (tertiary/aromatic N) is 1. The maximum absolute atomic E-state index is 5.50. The van der Waals surface area contributed by atoms with Crippen molar-refractivity contribution in [1.82, 2.24) is 0 Å². The van der Waals surface area contributed by atoms with Gasteiger partial charge in [0, 0.05) is 13.0 Å². The second-order valence-corrected chi connectivity index (χ2v) is 3.39. The van der Waals surface area contributed by atoms with Crippen LogP contribution in [0.15, 0.2) is 35.3 Å². The maximum atomic E-state index is 5.50. The number of aliphatic imine (C=N–C) groups is 1. The molecular formula is C11H14N2O. The normalized spacial score (nSPS) is 20.4. The first-order valence-corrected chi connectivity index (χ1v) is 4.82. The Labute approximate surface area is 83.6 Å². The molecule has 0 spiro atoms. The molecule has 74 valence electrons. The van der Waals surface area contributed by atoms with Gasteiger partial charge in [-0.3, -0.25) is 0 Å². The lowest BCUT2D eigenvalue weighted by Crippen LogP contribution is -2.18. The Hall–Kier alpha value is -1.35. The van der Waals surface area contributed by atoms with Gasteiger partial charge in [0.2, 0.25) is 0 Å². The summed E-state index contributed by atoms with van der Waals surface area (Å²) in [6.07, 6.45) is 0.775. The number of nitrogens with two attached hydrogens (primary N) is 1. The van der Waals surface area contributed by atoms with Gasteiger partial charge in [-0.15, -0.1) is 0 Å². The molecule has 1 unspecified atom stereocenters. The standard InChI is InChI=1S/C11H14N2O/c12-7-10-8-14-11(13-10)6-9-4-2-1-3-5-9/h1-5,10H,6-8,12H2. The molecule has 0 amide bonds. The number of hydrogen-bond donors (Lipinski definition) is 1. The number of hydrogen-bond acceptors (Lipinski definition) is 3. The summed E-state index contributed by atoms with van der Waals surface area (Å²) in [4.78, 5) is 4.37. The van der Waals surface area contributed by atoms with Gasteiger partial charge in [-0.1, -0.05) is 30.3 Å². The average Bonchev–Trinajstić information content (AvgIpc) is 2.67. The molecular weight excluding hydrogens is 176 g/mol. The van der Waals surface area contributed by atoms with E-state index in [1.807, 2.05) is 18.2 Å².